The van der Waals surface area contributed by atoms with Gasteiger partial charge in [0.1, 0.15) is 0 Å². The summed E-state index contributed by atoms with van der Waals surface area (Å²) in [6.45, 7) is 0. The highest BCUT2D eigenvalue weighted by atomic mass is 35.5. The zero-order chi connectivity index (χ0) is 19.6. The Hall–Kier alpha value is -2.59. The largest absolute Gasteiger partial charge is 0.351 e. The van der Waals surface area contributed by atoms with Crippen molar-refractivity contribution in [2.45, 2.75) is 43.7 Å². The van der Waals surface area contributed by atoms with Crippen LogP contribution in [0.2, 0.25) is 5.02 Å². The third-order valence-corrected chi connectivity index (χ3v) is 5.84. The number of anilines is 1. The summed E-state index contributed by atoms with van der Waals surface area (Å²) in [7, 11) is 0. The van der Waals surface area contributed by atoms with Gasteiger partial charge in [-0.15, -0.1) is 0 Å². The molecule has 1 saturated carbocycles. The van der Waals surface area contributed by atoms with Crippen LogP contribution in [0.1, 0.15) is 37.7 Å². The molecule has 144 valence electrons. The summed E-state index contributed by atoms with van der Waals surface area (Å²) >= 11 is 6.01. The molecule has 2 aliphatic rings. The predicted molar refractivity (Wildman–Crippen MR) is 112 cm³/mol. The van der Waals surface area contributed by atoms with Gasteiger partial charge >= 0.3 is 0 Å². The van der Waals surface area contributed by atoms with Gasteiger partial charge in [-0.3, -0.25) is 14.5 Å². The predicted octanol–water partition coefficient (Wildman–Crippen LogP) is 4.59. The first-order valence-electron chi connectivity index (χ1n) is 9.72. The van der Waals surface area contributed by atoms with Crippen LogP contribution in [0.5, 0.6) is 0 Å². The van der Waals surface area contributed by atoms with Gasteiger partial charge in [0.2, 0.25) is 5.91 Å². The minimum Gasteiger partial charge on any atom is -0.351 e. The van der Waals surface area contributed by atoms with Crippen molar-refractivity contribution < 1.29 is 9.59 Å². The Balaban J connectivity index is 1.68. The van der Waals surface area contributed by atoms with Gasteiger partial charge in [0.25, 0.3) is 5.91 Å². The minimum atomic E-state index is -1.01. The molecule has 4 nitrogen and oxygen atoms in total. The van der Waals surface area contributed by atoms with Crippen molar-refractivity contribution in [1.29, 1.82) is 0 Å². The average Bonchev–Trinajstić information content (AvgIpc) is 3.20. The molecule has 1 saturated heterocycles. The summed E-state index contributed by atoms with van der Waals surface area (Å²) in [4.78, 5) is 27.5. The number of β-lactam (4-membered cyclic amide) rings is 1. The summed E-state index contributed by atoms with van der Waals surface area (Å²) in [5, 5.41) is 3.77. The van der Waals surface area contributed by atoms with Crippen LogP contribution in [0.3, 0.4) is 0 Å². The summed E-state index contributed by atoms with van der Waals surface area (Å²) in [5.41, 5.74) is 0.662. The Morgan fingerprint density at radius 2 is 1.75 bits per heavy atom. The molecule has 0 radical (unpaired) electrons. The number of carbonyl (C=O) groups excluding carboxylic acids is 2. The van der Waals surface area contributed by atoms with Crippen molar-refractivity contribution in [3.63, 3.8) is 0 Å². The number of benzene rings is 2. The second-order valence-electron chi connectivity index (χ2n) is 7.51. The van der Waals surface area contributed by atoms with E-state index in [4.69, 9.17) is 11.6 Å². The molecule has 4 rings (SSSR count). The molecular formula is C23H23ClN2O2. The minimum absolute atomic E-state index is 0.0680. The first kappa shape index (κ1) is 18.8. The Morgan fingerprint density at radius 1 is 1.07 bits per heavy atom. The van der Waals surface area contributed by atoms with Crippen LogP contribution in [0, 0.1) is 0 Å². The van der Waals surface area contributed by atoms with E-state index in [1.165, 1.54) is 0 Å². The van der Waals surface area contributed by atoms with Crippen LogP contribution >= 0.6 is 11.6 Å². The molecule has 28 heavy (non-hydrogen) atoms. The number of halogens is 1. The molecule has 1 heterocycles. The van der Waals surface area contributed by atoms with E-state index in [0.717, 1.165) is 31.2 Å². The van der Waals surface area contributed by atoms with Gasteiger partial charge in [-0.25, -0.2) is 0 Å². The molecule has 5 heteroatoms. The molecule has 0 bridgehead atoms. The molecule has 2 fully saturated rings. The Kier molecular flexibility index (Phi) is 5.23. The van der Waals surface area contributed by atoms with E-state index in [1.807, 2.05) is 42.5 Å². The van der Waals surface area contributed by atoms with Crippen molar-refractivity contribution in [1.82, 2.24) is 5.32 Å². The molecular weight excluding hydrogens is 372 g/mol. The number of carbonyl (C=O) groups is 2. The number of nitrogens with zero attached hydrogens (tertiary/aromatic N) is 1. The highest BCUT2D eigenvalue weighted by Crippen LogP contribution is 2.40. The van der Waals surface area contributed by atoms with E-state index in [-0.39, 0.29) is 24.3 Å². The van der Waals surface area contributed by atoms with Crippen molar-refractivity contribution >= 4 is 35.2 Å². The van der Waals surface area contributed by atoms with Crippen LogP contribution in [-0.4, -0.2) is 23.4 Å². The van der Waals surface area contributed by atoms with Crippen molar-refractivity contribution in [3.05, 3.63) is 71.3 Å². The standard InChI is InChI=1S/C23H23ClN2O2/c24-18-10-12-20(13-11-18)26-21(27)16-23(26,15-14-17-6-2-1-3-7-17)22(28)25-19-8-4-5-9-19/h1-3,6-7,10-15,19H,4-5,8-9,16H2,(H,25,28)/b15-14-/t23-/m0/s1. The molecule has 0 spiro atoms. The Labute approximate surface area is 170 Å². The molecule has 2 aromatic rings. The van der Waals surface area contributed by atoms with Gasteiger partial charge in [0.15, 0.2) is 5.54 Å². The smallest absolute Gasteiger partial charge is 0.251 e. The molecule has 1 aliphatic heterocycles. The summed E-state index contributed by atoms with van der Waals surface area (Å²) in [6, 6.07) is 17.1. The van der Waals surface area contributed by atoms with Crippen LogP contribution in [0.25, 0.3) is 6.08 Å². The normalized spacial score (nSPS) is 22.5. The molecule has 1 aliphatic carbocycles. The second kappa shape index (κ2) is 7.80. The van der Waals surface area contributed by atoms with Crippen molar-refractivity contribution in [2.75, 3.05) is 4.90 Å². The van der Waals surface area contributed by atoms with Crippen molar-refractivity contribution in [3.8, 4) is 0 Å². The van der Waals surface area contributed by atoms with Gasteiger partial charge in [0, 0.05) is 16.8 Å². The van der Waals surface area contributed by atoms with Crippen LogP contribution < -0.4 is 10.2 Å². The van der Waals surface area contributed by atoms with Crippen molar-refractivity contribution in [2.24, 2.45) is 0 Å². The van der Waals surface area contributed by atoms with Crippen LogP contribution in [0.15, 0.2) is 60.7 Å². The molecule has 0 unspecified atom stereocenters. The number of rotatable bonds is 5. The second-order valence-corrected chi connectivity index (χ2v) is 7.94. The third-order valence-electron chi connectivity index (χ3n) is 5.59. The topological polar surface area (TPSA) is 49.4 Å². The first-order valence-corrected chi connectivity index (χ1v) is 10.1. The van der Waals surface area contributed by atoms with E-state index in [9.17, 15) is 9.59 Å². The fourth-order valence-electron chi connectivity index (χ4n) is 4.05. The van der Waals surface area contributed by atoms with E-state index < -0.39 is 5.54 Å². The maximum absolute atomic E-state index is 13.3. The Bertz CT molecular complexity index is 889. The zero-order valence-electron chi connectivity index (χ0n) is 15.6. The van der Waals surface area contributed by atoms with Gasteiger partial charge in [-0.2, -0.15) is 0 Å². The lowest BCUT2D eigenvalue weighted by molar-refractivity contribution is -0.137. The molecule has 0 aromatic heterocycles. The summed E-state index contributed by atoms with van der Waals surface area (Å²) in [5.74, 6) is -0.178. The van der Waals surface area contributed by atoms with E-state index >= 15 is 0 Å². The summed E-state index contributed by atoms with van der Waals surface area (Å²) < 4.78 is 0. The lowest BCUT2D eigenvalue weighted by atomic mass is 9.80. The number of hydrogen-bond donors (Lipinski definition) is 1. The maximum atomic E-state index is 13.3. The first-order chi connectivity index (χ1) is 13.6. The van der Waals surface area contributed by atoms with E-state index in [0.29, 0.717) is 10.7 Å². The lowest BCUT2D eigenvalue weighted by Crippen LogP contribution is -2.70. The molecule has 2 aromatic carbocycles. The highest BCUT2D eigenvalue weighted by Gasteiger charge is 2.55. The fraction of sp³-hybridized carbons (Fsp3) is 0.304. The maximum Gasteiger partial charge on any atom is 0.251 e. The Morgan fingerprint density at radius 3 is 2.39 bits per heavy atom. The third kappa shape index (κ3) is 3.57. The number of hydrogen-bond acceptors (Lipinski definition) is 2. The number of nitrogens with one attached hydrogen (secondary N) is 1. The number of amides is 2. The average molecular weight is 395 g/mol. The van der Waals surface area contributed by atoms with Gasteiger partial charge in [-0.1, -0.05) is 60.9 Å². The van der Waals surface area contributed by atoms with Gasteiger partial charge in [0.05, 0.1) is 6.42 Å². The van der Waals surface area contributed by atoms with Gasteiger partial charge < -0.3 is 5.32 Å². The van der Waals surface area contributed by atoms with E-state index in [1.54, 1.807) is 29.2 Å². The van der Waals surface area contributed by atoms with E-state index in [2.05, 4.69) is 5.32 Å². The zero-order valence-corrected chi connectivity index (χ0v) is 16.4. The highest BCUT2D eigenvalue weighted by molar-refractivity contribution is 6.30. The monoisotopic (exact) mass is 394 g/mol. The molecule has 1 N–H and O–H groups in total. The SMILES string of the molecule is O=C1C[C@@](/C=C\c2ccccc2)(C(=O)NC2CCCC2)N1c1ccc(Cl)cc1. The quantitative estimate of drug-likeness (QED) is 0.754. The fourth-order valence-corrected chi connectivity index (χ4v) is 4.18. The summed E-state index contributed by atoms with van der Waals surface area (Å²) in [6.07, 6.45) is 8.22. The van der Waals surface area contributed by atoms with Crippen LogP contribution in [-0.2, 0) is 9.59 Å². The molecule has 2 amide bonds. The van der Waals surface area contributed by atoms with Crippen LogP contribution in [0.4, 0.5) is 5.69 Å². The van der Waals surface area contributed by atoms with Gasteiger partial charge in [-0.05, 0) is 48.7 Å². The lowest BCUT2D eigenvalue weighted by Gasteiger charge is -2.49. The molecule has 1 atom stereocenters.